The predicted octanol–water partition coefficient (Wildman–Crippen LogP) is 7.64. The van der Waals surface area contributed by atoms with Gasteiger partial charge in [-0.2, -0.15) is 0 Å². The Morgan fingerprint density at radius 3 is 2.49 bits per heavy atom. The average Bonchev–Trinajstić information content (AvgIpc) is 3.19. The van der Waals surface area contributed by atoms with Gasteiger partial charge in [-0.25, -0.2) is 4.79 Å². The van der Waals surface area contributed by atoms with Crippen molar-refractivity contribution in [3.8, 4) is 0 Å². The van der Waals surface area contributed by atoms with E-state index in [0.717, 1.165) is 61.0 Å². The zero-order chi connectivity index (χ0) is 41.2. The molecule has 12 heteroatoms. The molecule has 3 aliphatic rings. The largest absolute Gasteiger partial charge is 0.460 e. The van der Waals surface area contributed by atoms with Crippen LogP contribution in [-0.4, -0.2) is 77.2 Å². The molecule has 5 N–H and O–H groups in total. The fourth-order valence-electron chi connectivity index (χ4n) is 7.20. The quantitative estimate of drug-likeness (QED) is 0.148. The molecule has 6 unspecified atom stereocenters. The van der Waals surface area contributed by atoms with Crippen LogP contribution >= 0.6 is 11.8 Å². The molecular weight excluding hydrogens is 743 g/mol. The Labute approximate surface area is 342 Å². The highest BCUT2D eigenvalue weighted by Gasteiger charge is 2.30. The van der Waals surface area contributed by atoms with Gasteiger partial charge >= 0.3 is 5.97 Å². The van der Waals surface area contributed by atoms with Crippen LogP contribution in [-0.2, 0) is 35.1 Å². The Kier molecular flexibility index (Phi) is 19.3. The number of esters is 1. The minimum absolute atomic E-state index is 0.0756. The fraction of sp³-hybridized carbons (Fsp3) is 0.556. The number of benzene rings is 1. The van der Waals surface area contributed by atoms with Crippen molar-refractivity contribution in [2.24, 2.45) is 5.92 Å². The molecule has 1 aromatic carbocycles. The van der Waals surface area contributed by atoms with Crippen molar-refractivity contribution in [2.75, 3.05) is 23.5 Å². The Hall–Kier alpha value is -3.97. The number of rotatable bonds is 5. The van der Waals surface area contributed by atoms with Crippen LogP contribution < -0.4 is 16.0 Å². The van der Waals surface area contributed by atoms with Gasteiger partial charge in [0.25, 0.3) is 0 Å². The van der Waals surface area contributed by atoms with Gasteiger partial charge in [-0.1, -0.05) is 68.4 Å². The highest BCUT2D eigenvalue weighted by atomic mass is 32.2. The number of methoxy groups -OCH3 is 1. The van der Waals surface area contributed by atoms with Crippen LogP contribution in [0, 0.1) is 5.92 Å². The molecule has 4 rings (SSSR count). The molecule has 6 atom stereocenters. The van der Waals surface area contributed by atoms with Crippen LogP contribution in [0.15, 0.2) is 76.8 Å². The molecule has 1 aromatic rings. The lowest BCUT2D eigenvalue weighted by Gasteiger charge is -2.29. The van der Waals surface area contributed by atoms with Gasteiger partial charge in [0.1, 0.15) is 24.2 Å². The lowest BCUT2D eigenvalue weighted by molar-refractivity contribution is -0.156. The van der Waals surface area contributed by atoms with E-state index >= 15 is 0 Å². The van der Waals surface area contributed by atoms with E-state index in [1.54, 1.807) is 14.0 Å². The van der Waals surface area contributed by atoms with Gasteiger partial charge in [0.05, 0.1) is 23.6 Å². The predicted molar refractivity (Wildman–Crippen MR) is 227 cm³/mol. The number of ketones is 1. The van der Waals surface area contributed by atoms with Crippen molar-refractivity contribution in [1.29, 1.82) is 0 Å². The number of hydrogen-bond acceptors (Lipinski definition) is 10. The van der Waals surface area contributed by atoms with E-state index in [0.29, 0.717) is 67.6 Å². The fourth-order valence-corrected chi connectivity index (χ4v) is 8.15. The van der Waals surface area contributed by atoms with Crippen LogP contribution in [0.2, 0.25) is 0 Å². The van der Waals surface area contributed by atoms with Crippen LogP contribution in [0.25, 0.3) is 0 Å². The Morgan fingerprint density at radius 1 is 0.947 bits per heavy atom. The molecule has 0 spiro atoms. The second-order valence-corrected chi connectivity index (χ2v) is 16.3. The summed E-state index contributed by atoms with van der Waals surface area (Å²) in [5, 5.41) is 31.4. The van der Waals surface area contributed by atoms with Crippen molar-refractivity contribution in [3.05, 3.63) is 77.5 Å². The summed E-state index contributed by atoms with van der Waals surface area (Å²) in [7, 11) is 1.58. The standard InChI is InChI=1S/C45H63N3O8S/c1-30-18-17-21-34-26-35(27-38-43(34)57-29-41(51)48-38)47-40(50)25-16-9-8-13-22-36(49)28-37(55-4)23-14-6-5-7-15-24-39(31(2)42(30)52)56-45(54)32(3)46-44(53)33-19-11-10-12-20-33/h5-7,14-15,18-19,23,26-27,31-32,37,39-40,42,47,50,52H,8-13,16-17,20-22,24-25,28-29H2,1-4H3,(H,46,53)(H,48,51)/b6-5+,15-7+,23-14+,30-18-. The Morgan fingerprint density at radius 2 is 1.72 bits per heavy atom. The second-order valence-electron chi connectivity index (χ2n) is 15.3. The van der Waals surface area contributed by atoms with Crippen molar-refractivity contribution in [3.63, 3.8) is 0 Å². The molecule has 1 aliphatic carbocycles. The van der Waals surface area contributed by atoms with Gasteiger partial charge in [0.2, 0.25) is 11.8 Å². The van der Waals surface area contributed by atoms with Gasteiger partial charge in [0, 0.05) is 48.4 Å². The zero-order valence-corrected chi connectivity index (χ0v) is 34.9. The number of fused-ring (bicyclic) bond motifs is 4. The molecular formula is C45H63N3O8S. The highest BCUT2D eigenvalue weighted by Crippen LogP contribution is 2.38. The molecule has 0 saturated carbocycles. The molecule has 0 radical (unpaired) electrons. The van der Waals surface area contributed by atoms with Gasteiger partial charge in [-0.05, 0) is 94.9 Å². The molecule has 312 valence electrons. The topological polar surface area (TPSA) is 163 Å². The van der Waals surface area contributed by atoms with Crippen LogP contribution in [0.1, 0.15) is 110 Å². The number of hydrogen-bond donors (Lipinski definition) is 5. The van der Waals surface area contributed by atoms with Crippen LogP contribution in [0.4, 0.5) is 11.4 Å². The smallest absolute Gasteiger partial charge is 0.328 e. The van der Waals surface area contributed by atoms with Gasteiger partial charge in [0.15, 0.2) is 0 Å². The summed E-state index contributed by atoms with van der Waals surface area (Å²) in [5.41, 5.74) is 3.87. The summed E-state index contributed by atoms with van der Waals surface area (Å²) in [6.07, 6.45) is 22.1. The molecule has 0 fully saturated rings. The van der Waals surface area contributed by atoms with Crippen LogP contribution in [0.5, 0.6) is 0 Å². The van der Waals surface area contributed by atoms with Crippen molar-refractivity contribution in [1.82, 2.24) is 5.32 Å². The maximum Gasteiger partial charge on any atom is 0.328 e. The molecule has 2 heterocycles. The molecule has 57 heavy (non-hydrogen) atoms. The molecule has 2 amide bonds. The number of carbonyl (C=O) groups excluding carboxylic acids is 4. The number of thioether (sulfide) groups is 1. The van der Waals surface area contributed by atoms with E-state index in [4.69, 9.17) is 9.47 Å². The first-order chi connectivity index (χ1) is 27.4. The number of carbonyl (C=O) groups is 4. The Bertz CT molecular complexity index is 1680. The summed E-state index contributed by atoms with van der Waals surface area (Å²) in [5.74, 6) is -0.928. The van der Waals surface area contributed by atoms with Gasteiger partial charge < -0.3 is 35.6 Å². The van der Waals surface area contributed by atoms with E-state index in [1.807, 2.05) is 74.6 Å². The summed E-state index contributed by atoms with van der Waals surface area (Å²) in [4.78, 5) is 52.2. The van der Waals surface area contributed by atoms with E-state index in [-0.39, 0.29) is 23.7 Å². The first-order valence-electron chi connectivity index (χ1n) is 20.6. The third-order valence-corrected chi connectivity index (χ3v) is 11.9. The number of anilines is 2. The number of Topliss-reactive ketones (excluding diaryl/α,β-unsaturated/α-hetero) is 1. The third-order valence-electron chi connectivity index (χ3n) is 10.7. The van der Waals surface area contributed by atoms with Crippen LogP contribution in [0.3, 0.4) is 0 Å². The summed E-state index contributed by atoms with van der Waals surface area (Å²) in [6.45, 7) is 5.33. The number of allylic oxidation sites excluding steroid dienone is 6. The van der Waals surface area contributed by atoms with Crippen molar-refractivity contribution >= 4 is 46.7 Å². The van der Waals surface area contributed by atoms with E-state index < -0.39 is 36.4 Å². The summed E-state index contributed by atoms with van der Waals surface area (Å²) in [6, 6.07) is 3.00. The van der Waals surface area contributed by atoms with Crippen molar-refractivity contribution in [2.45, 2.75) is 146 Å². The number of aryl methyl sites for hydroxylation is 1. The van der Waals surface area contributed by atoms with E-state index in [2.05, 4.69) is 16.0 Å². The highest BCUT2D eigenvalue weighted by molar-refractivity contribution is 8.00. The van der Waals surface area contributed by atoms with E-state index in [1.165, 1.54) is 11.8 Å². The second kappa shape index (κ2) is 24.1. The average molecular weight is 806 g/mol. The maximum atomic E-state index is 13.4. The molecule has 2 bridgehead atoms. The first-order valence-corrected chi connectivity index (χ1v) is 21.6. The van der Waals surface area contributed by atoms with E-state index in [9.17, 15) is 29.4 Å². The molecule has 11 nitrogen and oxygen atoms in total. The third kappa shape index (κ3) is 15.4. The monoisotopic (exact) mass is 805 g/mol. The zero-order valence-electron chi connectivity index (χ0n) is 34.1. The number of ether oxygens (including phenoxy) is 2. The van der Waals surface area contributed by atoms with Crippen molar-refractivity contribution < 1.29 is 38.9 Å². The summed E-state index contributed by atoms with van der Waals surface area (Å²) >= 11 is 1.49. The molecule has 0 aromatic heterocycles. The minimum atomic E-state index is -0.918. The first kappa shape index (κ1) is 45.7. The lowest BCUT2D eigenvalue weighted by atomic mass is 9.90. The number of nitrogens with one attached hydrogen (secondary N) is 3. The number of aliphatic hydroxyl groups is 2. The summed E-state index contributed by atoms with van der Waals surface area (Å²) < 4.78 is 11.5. The maximum absolute atomic E-state index is 13.4. The lowest BCUT2D eigenvalue weighted by Crippen LogP contribution is -2.43. The normalized spacial score (nSPS) is 28.2. The van der Waals surface area contributed by atoms with Gasteiger partial charge in [-0.3, -0.25) is 14.4 Å². The number of aliphatic hydroxyl groups excluding tert-OH is 2. The Balaban J connectivity index is 1.54. The minimum Gasteiger partial charge on any atom is -0.460 e. The molecule has 0 saturated heterocycles. The molecule has 2 aliphatic heterocycles. The van der Waals surface area contributed by atoms with Gasteiger partial charge in [-0.15, -0.1) is 11.8 Å². The SMILES string of the molecule is COC1/C=C/C=C/C=C/CC(OC(=O)C(C)NC(=O)C2=CCCCC2)C(C)C(O)/C(C)=C\CCc2cc(cc3c2SCC(=O)N3)NC(O)CCCCCCC(=O)C1. The number of amides is 2.